The van der Waals surface area contributed by atoms with Crippen LogP contribution in [0.2, 0.25) is 0 Å². The molecule has 0 radical (unpaired) electrons. The Labute approximate surface area is 285 Å². The first-order chi connectivity index (χ1) is 21.8. The van der Waals surface area contributed by atoms with Gasteiger partial charge < -0.3 is 0 Å². The Bertz CT molecular complexity index is 1370. The summed E-state index contributed by atoms with van der Waals surface area (Å²) in [6.45, 7) is 0. The van der Waals surface area contributed by atoms with Crippen LogP contribution < -0.4 is 18.4 Å². The zero-order valence-corrected chi connectivity index (χ0v) is 31.0. The van der Waals surface area contributed by atoms with Crippen LogP contribution in [0, 0.1) is 0 Å². The number of pyridine rings is 4. The third-order valence-electron chi connectivity index (χ3n) is 6.14. The van der Waals surface area contributed by atoms with E-state index < -0.39 is 0 Å². The molecule has 6 aromatic rings. The second kappa shape index (κ2) is 18.8. The van der Waals surface area contributed by atoms with Gasteiger partial charge in [-0.05, 0) is 0 Å². The van der Waals surface area contributed by atoms with Crippen molar-refractivity contribution in [2.75, 3.05) is 0 Å². The van der Waals surface area contributed by atoms with E-state index in [0.717, 1.165) is 21.3 Å². The molecule has 0 bridgehead atoms. The van der Waals surface area contributed by atoms with Crippen molar-refractivity contribution in [3.05, 3.63) is 168 Å². The molecule has 4 nitrogen and oxygen atoms in total. The topological polar surface area (TPSA) is 51.6 Å². The van der Waals surface area contributed by atoms with E-state index in [-0.39, 0.29) is 0 Å². The fourth-order valence-corrected chi connectivity index (χ4v) is 10.7. The second-order valence-electron chi connectivity index (χ2n) is 9.46. The normalized spacial score (nSPS) is 10.5. The molecule has 0 saturated heterocycles. The van der Waals surface area contributed by atoms with Gasteiger partial charge in [-0.3, -0.25) is 0 Å². The minimum absolute atomic E-state index is 0.417. The average Bonchev–Trinajstić information content (AvgIpc) is 3.11. The van der Waals surface area contributed by atoms with E-state index in [1.807, 2.05) is 49.1 Å². The summed E-state index contributed by atoms with van der Waals surface area (Å²) < 4.78 is 4.88. The first-order valence-corrected chi connectivity index (χ1v) is 22.4. The number of hydrogen-bond acceptors (Lipinski definition) is 4. The van der Waals surface area contributed by atoms with Crippen LogP contribution in [-0.2, 0) is 21.3 Å². The SMILES string of the molecule is c1ccc([Se]Cc2ccc(C[Se]c3ccccn3)cc2)nc1.c1ccc([Se]Cc2ccc(C[Se]c3ccccn3)cc2)nc1. The molecule has 0 unspecified atom stereocenters. The number of benzene rings is 2. The first kappa shape index (κ1) is 32.5. The van der Waals surface area contributed by atoms with E-state index in [1.54, 1.807) is 0 Å². The minimum atomic E-state index is 0.417. The van der Waals surface area contributed by atoms with Gasteiger partial charge in [-0.2, -0.15) is 0 Å². The van der Waals surface area contributed by atoms with E-state index in [4.69, 9.17) is 0 Å². The Balaban J connectivity index is 0.000000175. The van der Waals surface area contributed by atoms with Crippen LogP contribution in [0.5, 0.6) is 0 Å². The molecule has 0 aliphatic carbocycles. The molecular formula is C36H32N4Se4. The van der Waals surface area contributed by atoms with Gasteiger partial charge in [-0.25, -0.2) is 0 Å². The molecule has 0 N–H and O–H groups in total. The van der Waals surface area contributed by atoms with Crippen molar-refractivity contribution in [2.45, 2.75) is 21.3 Å². The third-order valence-corrected chi connectivity index (χ3v) is 14.7. The molecule has 0 fully saturated rings. The van der Waals surface area contributed by atoms with Gasteiger partial charge in [0.1, 0.15) is 0 Å². The van der Waals surface area contributed by atoms with Gasteiger partial charge in [0.15, 0.2) is 0 Å². The molecule has 0 amide bonds. The number of nitrogens with zero attached hydrogens (tertiary/aromatic N) is 4. The standard InChI is InChI=1S/2C18H16N2Se2/c2*1-3-11-19-17(5-1)21-13-15-7-9-16(10-8-15)14-22-18-6-2-4-12-20-18/h2*1-12H,13-14H2. The summed E-state index contributed by atoms with van der Waals surface area (Å²) in [6.07, 6.45) is 7.50. The summed E-state index contributed by atoms with van der Waals surface area (Å²) >= 11 is 1.67. The quantitative estimate of drug-likeness (QED) is 0.178. The molecule has 4 aromatic heterocycles. The van der Waals surface area contributed by atoms with Gasteiger partial charge in [0.05, 0.1) is 0 Å². The molecule has 0 spiro atoms. The van der Waals surface area contributed by atoms with E-state index >= 15 is 0 Å². The number of rotatable bonds is 12. The molecule has 44 heavy (non-hydrogen) atoms. The van der Waals surface area contributed by atoms with Crippen molar-refractivity contribution in [1.29, 1.82) is 0 Å². The maximum absolute atomic E-state index is 4.40. The summed E-state index contributed by atoms with van der Waals surface area (Å²) in [5.74, 6) is 0. The molecule has 0 saturated carbocycles. The van der Waals surface area contributed by atoms with Crippen LogP contribution in [0.25, 0.3) is 0 Å². The summed E-state index contributed by atoms with van der Waals surface area (Å²) in [5, 5.41) is 4.43. The Morgan fingerprint density at radius 2 is 0.523 bits per heavy atom. The van der Waals surface area contributed by atoms with Gasteiger partial charge in [0.2, 0.25) is 0 Å². The molecule has 0 aliphatic heterocycles. The average molecular weight is 837 g/mol. The zero-order valence-electron chi connectivity index (χ0n) is 24.1. The van der Waals surface area contributed by atoms with Crippen molar-refractivity contribution >= 4 is 78.2 Å². The van der Waals surface area contributed by atoms with Gasteiger partial charge >= 0.3 is 288 Å². The van der Waals surface area contributed by atoms with E-state index in [0.29, 0.717) is 59.8 Å². The van der Waals surface area contributed by atoms with Crippen LogP contribution in [0.15, 0.2) is 146 Å². The molecule has 8 heteroatoms. The number of aromatic nitrogens is 4. The van der Waals surface area contributed by atoms with Crippen molar-refractivity contribution in [1.82, 2.24) is 19.9 Å². The molecule has 2 aromatic carbocycles. The van der Waals surface area contributed by atoms with Crippen molar-refractivity contribution in [3.63, 3.8) is 0 Å². The second-order valence-corrected chi connectivity index (χ2v) is 17.8. The van der Waals surface area contributed by atoms with Crippen LogP contribution >= 0.6 is 0 Å². The molecule has 0 aliphatic rings. The molecule has 220 valence electrons. The predicted octanol–water partition coefficient (Wildman–Crippen LogP) is 3.07. The van der Waals surface area contributed by atoms with Gasteiger partial charge in [0, 0.05) is 0 Å². The first-order valence-electron chi connectivity index (χ1n) is 14.1. The molecule has 0 atom stereocenters. The molecule has 4 heterocycles. The number of hydrogen-bond donors (Lipinski definition) is 0. The van der Waals surface area contributed by atoms with Gasteiger partial charge in [-0.1, -0.05) is 0 Å². The van der Waals surface area contributed by atoms with Crippen molar-refractivity contribution in [3.8, 4) is 0 Å². The molecular weight excluding hydrogens is 804 g/mol. The Hall–Kier alpha value is -2.88. The Morgan fingerprint density at radius 3 is 0.705 bits per heavy atom. The van der Waals surface area contributed by atoms with Crippen molar-refractivity contribution < 1.29 is 0 Å². The summed E-state index contributed by atoms with van der Waals surface area (Å²) in [5.41, 5.74) is 5.61. The van der Waals surface area contributed by atoms with Crippen LogP contribution in [-0.4, -0.2) is 79.8 Å². The molecule has 6 rings (SSSR count). The van der Waals surface area contributed by atoms with E-state index in [9.17, 15) is 0 Å². The maximum atomic E-state index is 4.40. The van der Waals surface area contributed by atoms with Crippen LogP contribution in [0.4, 0.5) is 0 Å². The van der Waals surface area contributed by atoms with Gasteiger partial charge in [-0.15, -0.1) is 0 Å². The fraction of sp³-hybridized carbons (Fsp3) is 0.111. The third kappa shape index (κ3) is 11.9. The predicted molar refractivity (Wildman–Crippen MR) is 186 cm³/mol. The van der Waals surface area contributed by atoms with Crippen LogP contribution in [0.3, 0.4) is 0 Å². The van der Waals surface area contributed by atoms with E-state index in [1.165, 1.54) is 40.6 Å². The summed E-state index contributed by atoms with van der Waals surface area (Å²) in [4.78, 5) is 17.6. The zero-order chi connectivity index (χ0) is 30.1. The van der Waals surface area contributed by atoms with Gasteiger partial charge in [0.25, 0.3) is 0 Å². The Morgan fingerprint density at radius 1 is 0.295 bits per heavy atom. The van der Waals surface area contributed by atoms with E-state index in [2.05, 4.69) is 117 Å². The van der Waals surface area contributed by atoms with Crippen molar-refractivity contribution in [2.24, 2.45) is 0 Å². The van der Waals surface area contributed by atoms with Crippen LogP contribution in [0.1, 0.15) is 22.3 Å². The fourth-order valence-electron chi connectivity index (χ4n) is 3.82. The Kier molecular flexibility index (Phi) is 13.9. The summed E-state index contributed by atoms with van der Waals surface area (Å²) in [6, 6.07) is 42.7. The monoisotopic (exact) mass is 840 g/mol. The summed E-state index contributed by atoms with van der Waals surface area (Å²) in [7, 11) is 0.